The van der Waals surface area contributed by atoms with E-state index >= 15 is 0 Å². The summed E-state index contributed by atoms with van der Waals surface area (Å²) in [4.78, 5) is 40.9. The van der Waals surface area contributed by atoms with Gasteiger partial charge in [-0.1, -0.05) is 6.92 Å². The lowest BCUT2D eigenvalue weighted by atomic mass is 10.00. The molecular weight excluding hydrogens is 272 g/mol. The number of imide groups is 1. The molecule has 0 radical (unpaired) electrons. The van der Waals surface area contributed by atoms with Crippen molar-refractivity contribution in [2.75, 3.05) is 0 Å². The number of carboxylic acid groups (broad SMARTS) is 1. The number of aromatic nitrogens is 1. The fraction of sp³-hybridized carbons (Fsp3) is 0.467. The quantitative estimate of drug-likeness (QED) is 0.847. The Balaban J connectivity index is 1.80. The molecule has 2 amide bonds. The van der Waals surface area contributed by atoms with Crippen molar-refractivity contribution in [3.05, 3.63) is 29.6 Å². The van der Waals surface area contributed by atoms with Crippen molar-refractivity contribution < 1.29 is 19.5 Å². The molecule has 0 bridgehead atoms. The molecule has 110 valence electrons. The topological polar surface area (TPSA) is 87.6 Å². The summed E-state index contributed by atoms with van der Waals surface area (Å²) in [6, 6.07) is 2.79. The summed E-state index contributed by atoms with van der Waals surface area (Å²) in [7, 11) is 0. The van der Waals surface area contributed by atoms with Gasteiger partial charge in [-0.3, -0.25) is 19.5 Å². The second-order valence-corrected chi connectivity index (χ2v) is 5.89. The maximum atomic E-state index is 12.3. The summed E-state index contributed by atoms with van der Waals surface area (Å²) >= 11 is 0. The zero-order chi connectivity index (χ0) is 15.1. The van der Waals surface area contributed by atoms with Gasteiger partial charge in [0.15, 0.2) is 0 Å². The van der Waals surface area contributed by atoms with Gasteiger partial charge in [0, 0.05) is 6.20 Å². The molecule has 3 rings (SSSR count). The minimum atomic E-state index is -1.05. The Kier molecular flexibility index (Phi) is 3.23. The molecule has 1 saturated heterocycles. The van der Waals surface area contributed by atoms with Gasteiger partial charge in [0.2, 0.25) is 11.8 Å². The highest BCUT2D eigenvalue weighted by Crippen LogP contribution is 2.43. The first kappa shape index (κ1) is 13.7. The molecule has 1 aliphatic carbocycles. The van der Waals surface area contributed by atoms with Crippen LogP contribution in [0.1, 0.15) is 35.8 Å². The highest BCUT2D eigenvalue weighted by Gasteiger charge is 2.51. The average Bonchev–Trinajstić information content (AvgIpc) is 2.93. The van der Waals surface area contributed by atoms with Crippen molar-refractivity contribution in [2.45, 2.75) is 26.3 Å². The van der Waals surface area contributed by atoms with Gasteiger partial charge >= 0.3 is 5.97 Å². The predicted octanol–water partition coefficient (Wildman–Crippen LogP) is 1.31. The molecule has 2 atom stereocenters. The van der Waals surface area contributed by atoms with Gasteiger partial charge in [0.05, 0.1) is 29.6 Å². The lowest BCUT2D eigenvalue weighted by Gasteiger charge is -2.16. The third-order valence-corrected chi connectivity index (χ3v) is 4.35. The van der Waals surface area contributed by atoms with Crippen molar-refractivity contribution in [3.8, 4) is 0 Å². The maximum Gasteiger partial charge on any atom is 0.335 e. The fourth-order valence-corrected chi connectivity index (χ4v) is 3.36. The van der Waals surface area contributed by atoms with Crippen LogP contribution in [0.25, 0.3) is 0 Å². The van der Waals surface area contributed by atoms with Crippen LogP contribution in [-0.2, 0) is 16.1 Å². The molecule has 1 N–H and O–H groups in total. The van der Waals surface area contributed by atoms with Crippen molar-refractivity contribution in [3.63, 3.8) is 0 Å². The van der Waals surface area contributed by atoms with E-state index in [-0.39, 0.29) is 35.8 Å². The summed E-state index contributed by atoms with van der Waals surface area (Å²) in [5.41, 5.74) is 0.525. The molecule has 2 heterocycles. The number of carbonyl (C=O) groups is 3. The average molecular weight is 288 g/mol. The second-order valence-electron chi connectivity index (χ2n) is 5.89. The fourth-order valence-electron chi connectivity index (χ4n) is 3.36. The van der Waals surface area contributed by atoms with E-state index in [4.69, 9.17) is 5.11 Å². The molecular formula is C15H16N2O4. The number of carboxylic acids is 1. The Morgan fingerprint density at radius 2 is 1.95 bits per heavy atom. The molecule has 2 fully saturated rings. The van der Waals surface area contributed by atoms with Gasteiger partial charge in [0.1, 0.15) is 0 Å². The van der Waals surface area contributed by atoms with Gasteiger partial charge < -0.3 is 5.11 Å². The number of nitrogens with zero attached hydrogens (tertiary/aromatic N) is 2. The van der Waals surface area contributed by atoms with Gasteiger partial charge in [-0.05, 0) is 30.9 Å². The van der Waals surface area contributed by atoms with Crippen LogP contribution in [0.3, 0.4) is 0 Å². The number of amides is 2. The van der Waals surface area contributed by atoms with E-state index in [0.29, 0.717) is 11.6 Å². The van der Waals surface area contributed by atoms with Crippen molar-refractivity contribution in [1.29, 1.82) is 0 Å². The molecule has 2 aliphatic rings. The van der Waals surface area contributed by atoms with E-state index in [1.807, 2.05) is 0 Å². The number of aromatic carboxylic acids is 1. The van der Waals surface area contributed by atoms with Crippen molar-refractivity contribution in [2.24, 2.45) is 17.8 Å². The molecule has 2 unspecified atom stereocenters. The van der Waals surface area contributed by atoms with Crippen LogP contribution in [0.4, 0.5) is 0 Å². The summed E-state index contributed by atoms with van der Waals surface area (Å²) in [5.74, 6) is -1.33. The molecule has 0 spiro atoms. The first-order chi connectivity index (χ1) is 9.97. The van der Waals surface area contributed by atoms with Crippen molar-refractivity contribution in [1.82, 2.24) is 9.88 Å². The monoisotopic (exact) mass is 288 g/mol. The lowest BCUT2D eigenvalue weighted by molar-refractivity contribution is -0.141. The normalized spacial score (nSPS) is 28.0. The summed E-state index contributed by atoms with van der Waals surface area (Å²) < 4.78 is 0. The molecule has 0 aromatic carbocycles. The predicted molar refractivity (Wildman–Crippen MR) is 72.1 cm³/mol. The summed E-state index contributed by atoms with van der Waals surface area (Å²) in [6.45, 7) is 2.11. The van der Waals surface area contributed by atoms with E-state index < -0.39 is 5.97 Å². The molecule has 1 aliphatic heterocycles. The minimum Gasteiger partial charge on any atom is -0.478 e. The standard InChI is InChI=1S/C15H16N2O4/c1-8-4-11-12(5-8)14(19)17(13(11)18)7-10-6-9(15(20)21)2-3-16-10/h2-3,6,8,11-12H,4-5,7H2,1H3,(H,20,21). The van der Waals surface area contributed by atoms with Crippen LogP contribution >= 0.6 is 0 Å². The molecule has 6 nitrogen and oxygen atoms in total. The van der Waals surface area contributed by atoms with Crippen molar-refractivity contribution >= 4 is 17.8 Å². The lowest BCUT2D eigenvalue weighted by Crippen LogP contribution is -2.32. The van der Waals surface area contributed by atoms with E-state index in [1.54, 1.807) is 0 Å². The molecule has 1 aromatic rings. The van der Waals surface area contributed by atoms with Gasteiger partial charge in [-0.2, -0.15) is 0 Å². The molecule has 1 aromatic heterocycles. The van der Waals surface area contributed by atoms with Crippen LogP contribution < -0.4 is 0 Å². The van der Waals surface area contributed by atoms with Gasteiger partial charge in [0.25, 0.3) is 0 Å². The minimum absolute atomic E-state index is 0.0557. The number of likely N-dealkylation sites (tertiary alicyclic amines) is 1. The maximum absolute atomic E-state index is 12.3. The molecule has 1 saturated carbocycles. The Labute approximate surface area is 121 Å². The summed E-state index contributed by atoms with van der Waals surface area (Å²) in [6.07, 6.45) is 2.90. The number of pyridine rings is 1. The van der Waals surface area contributed by atoms with Gasteiger partial charge in [-0.15, -0.1) is 0 Å². The Bertz CT molecular complexity index is 604. The van der Waals surface area contributed by atoms with Gasteiger partial charge in [-0.25, -0.2) is 4.79 Å². The first-order valence-corrected chi connectivity index (χ1v) is 7.01. The number of hydrogen-bond donors (Lipinski definition) is 1. The third-order valence-electron chi connectivity index (χ3n) is 4.35. The number of carbonyl (C=O) groups excluding carboxylic acids is 2. The second kappa shape index (κ2) is 4.95. The highest BCUT2D eigenvalue weighted by molar-refractivity contribution is 6.05. The van der Waals surface area contributed by atoms with Crippen LogP contribution in [0, 0.1) is 17.8 Å². The van der Waals surface area contributed by atoms with Crippen LogP contribution in [0.2, 0.25) is 0 Å². The van der Waals surface area contributed by atoms with E-state index in [9.17, 15) is 14.4 Å². The Hall–Kier alpha value is -2.24. The zero-order valence-electron chi connectivity index (χ0n) is 11.7. The molecule has 6 heteroatoms. The summed E-state index contributed by atoms with van der Waals surface area (Å²) in [5, 5.41) is 8.96. The number of fused-ring (bicyclic) bond motifs is 1. The van der Waals surface area contributed by atoms with E-state index in [0.717, 1.165) is 12.8 Å². The van der Waals surface area contributed by atoms with E-state index in [2.05, 4.69) is 11.9 Å². The van der Waals surface area contributed by atoms with Crippen LogP contribution in [0.5, 0.6) is 0 Å². The Morgan fingerprint density at radius 1 is 1.33 bits per heavy atom. The molecule has 21 heavy (non-hydrogen) atoms. The van der Waals surface area contributed by atoms with E-state index in [1.165, 1.54) is 23.2 Å². The zero-order valence-corrected chi connectivity index (χ0v) is 11.7. The SMILES string of the molecule is CC1CC2C(=O)N(Cc3cc(C(=O)O)ccn3)C(=O)C2C1. The largest absolute Gasteiger partial charge is 0.478 e. The van der Waals surface area contributed by atoms with Crippen LogP contribution in [0.15, 0.2) is 18.3 Å². The smallest absolute Gasteiger partial charge is 0.335 e. The first-order valence-electron chi connectivity index (χ1n) is 7.01. The highest BCUT2D eigenvalue weighted by atomic mass is 16.4. The Morgan fingerprint density at radius 3 is 2.52 bits per heavy atom. The third kappa shape index (κ3) is 2.30. The number of hydrogen-bond acceptors (Lipinski definition) is 4. The van der Waals surface area contributed by atoms with Crippen LogP contribution in [-0.4, -0.2) is 32.8 Å². The number of rotatable bonds is 3.